The number of carbonyl (C=O) groups is 1. The van der Waals surface area contributed by atoms with E-state index < -0.39 is 0 Å². The fourth-order valence-corrected chi connectivity index (χ4v) is 3.58. The highest BCUT2D eigenvalue weighted by molar-refractivity contribution is 6.32. The van der Waals surface area contributed by atoms with Crippen molar-refractivity contribution in [3.63, 3.8) is 0 Å². The Hall–Kier alpha value is -3.07. The van der Waals surface area contributed by atoms with Crippen LogP contribution in [0.25, 0.3) is 5.78 Å². The van der Waals surface area contributed by atoms with E-state index in [1.807, 2.05) is 19.9 Å². The third-order valence-electron chi connectivity index (χ3n) is 4.75. The highest BCUT2D eigenvalue weighted by Crippen LogP contribution is 2.37. The zero-order valence-corrected chi connectivity index (χ0v) is 16.9. The molecule has 9 nitrogen and oxygen atoms in total. The topological polar surface area (TPSA) is 117 Å². The number of halogens is 1. The normalized spacial score (nSPS) is 13.3. The number of hydrogen-bond acceptors (Lipinski definition) is 7. The predicted octanol–water partition coefficient (Wildman–Crippen LogP) is 2.00. The van der Waals surface area contributed by atoms with Gasteiger partial charge in [-0.2, -0.15) is 9.50 Å². The molecule has 29 heavy (non-hydrogen) atoms. The standard InChI is InChI=1S/C19H21ClN6O3/c1-10-13(11(2)26-19(23-10)24-18(21)25-26)8-16(27)22-9-12-6-14(20)17-15(7-12)28-4-3-5-29-17/h6-7H,3-5,8-9H2,1-2H3,(H2,21,25)(H,22,27). The summed E-state index contributed by atoms with van der Waals surface area (Å²) in [6.07, 6.45) is 0.963. The lowest BCUT2D eigenvalue weighted by molar-refractivity contribution is -0.120. The van der Waals surface area contributed by atoms with Crippen LogP contribution in [0, 0.1) is 13.8 Å². The molecule has 1 aliphatic heterocycles. The van der Waals surface area contributed by atoms with Crippen molar-refractivity contribution in [2.24, 2.45) is 0 Å². The third-order valence-corrected chi connectivity index (χ3v) is 5.04. The van der Waals surface area contributed by atoms with Crippen LogP contribution in [0.2, 0.25) is 5.02 Å². The highest BCUT2D eigenvalue weighted by Gasteiger charge is 2.18. The van der Waals surface area contributed by atoms with Crippen LogP contribution >= 0.6 is 11.6 Å². The van der Waals surface area contributed by atoms with Gasteiger partial charge in [0.1, 0.15) is 0 Å². The van der Waals surface area contributed by atoms with Gasteiger partial charge in [-0.15, -0.1) is 5.10 Å². The molecular formula is C19H21ClN6O3. The van der Waals surface area contributed by atoms with Crippen molar-refractivity contribution in [1.82, 2.24) is 24.9 Å². The first kappa shape index (κ1) is 19.3. The summed E-state index contributed by atoms with van der Waals surface area (Å²) in [7, 11) is 0. The molecule has 0 saturated heterocycles. The maximum absolute atomic E-state index is 12.6. The van der Waals surface area contributed by atoms with Crippen LogP contribution in [0.5, 0.6) is 11.5 Å². The van der Waals surface area contributed by atoms with Crippen LogP contribution in [0.15, 0.2) is 12.1 Å². The Morgan fingerprint density at radius 3 is 2.90 bits per heavy atom. The van der Waals surface area contributed by atoms with Crippen LogP contribution in [0.1, 0.15) is 28.9 Å². The monoisotopic (exact) mass is 416 g/mol. The minimum absolute atomic E-state index is 0.145. The number of aromatic nitrogens is 4. The molecule has 0 aliphatic carbocycles. The molecule has 1 aromatic carbocycles. The first-order chi connectivity index (χ1) is 13.9. The number of anilines is 1. The van der Waals surface area contributed by atoms with E-state index in [4.69, 9.17) is 26.8 Å². The fourth-order valence-electron chi connectivity index (χ4n) is 3.29. The van der Waals surface area contributed by atoms with Gasteiger partial charge in [-0.1, -0.05) is 11.6 Å². The number of nitrogens with one attached hydrogen (secondary N) is 1. The summed E-state index contributed by atoms with van der Waals surface area (Å²) in [6, 6.07) is 3.62. The van der Waals surface area contributed by atoms with Gasteiger partial charge in [-0.05, 0) is 31.5 Å². The molecular weight excluding hydrogens is 396 g/mol. The Morgan fingerprint density at radius 2 is 2.07 bits per heavy atom. The molecule has 3 aromatic rings. The van der Waals surface area contributed by atoms with Crippen LogP contribution in [-0.4, -0.2) is 38.7 Å². The lowest BCUT2D eigenvalue weighted by atomic mass is 10.1. The summed E-state index contributed by atoms with van der Waals surface area (Å²) in [5.74, 6) is 1.58. The number of aryl methyl sites for hydroxylation is 2. The molecule has 0 radical (unpaired) electrons. The van der Waals surface area contributed by atoms with Crippen molar-refractivity contribution in [3.8, 4) is 11.5 Å². The smallest absolute Gasteiger partial charge is 0.254 e. The van der Waals surface area contributed by atoms with E-state index in [0.717, 1.165) is 28.9 Å². The summed E-state index contributed by atoms with van der Waals surface area (Å²) in [4.78, 5) is 21.0. The third kappa shape index (κ3) is 3.91. The van der Waals surface area contributed by atoms with E-state index in [1.165, 1.54) is 0 Å². The van der Waals surface area contributed by atoms with E-state index in [-0.39, 0.29) is 18.3 Å². The molecule has 0 spiro atoms. The first-order valence-corrected chi connectivity index (χ1v) is 9.63. The zero-order valence-electron chi connectivity index (χ0n) is 16.2. The number of carbonyl (C=O) groups excluding carboxylic acids is 1. The molecule has 2 aromatic heterocycles. The molecule has 4 rings (SSSR count). The Balaban J connectivity index is 1.48. The fraction of sp³-hybridized carbons (Fsp3) is 0.368. The van der Waals surface area contributed by atoms with Crippen LogP contribution in [-0.2, 0) is 17.8 Å². The molecule has 0 atom stereocenters. The van der Waals surface area contributed by atoms with E-state index in [9.17, 15) is 4.79 Å². The van der Waals surface area contributed by atoms with Crippen molar-refractivity contribution in [1.29, 1.82) is 0 Å². The van der Waals surface area contributed by atoms with E-state index in [1.54, 1.807) is 10.6 Å². The van der Waals surface area contributed by atoms with E-state index in [0.29, 0.717) is 42.1 Å². The number of nitrogen functional groups attached to an aromatic ring is 1. The van der Waals surface area contributed by atoms with E-state index >= 15 is 0 Å². The number of rotatable bonds is 4. The van der Waals surface area contributed by atoms with Crippen molar-refractivity contribution >= 4 is 29.2 Å². The van der Waals surface area contributed by atoms with Crippen LogP contribution < -0.4 is 20.5 Å². The van der Waals surface area contributed by atoms with Gasteiger partial charge in [0.05, 0.1) is 24.7 Å². The summed E-state index contributed by atoms with van der Waals surface area (Å²) in [5, 5.41) is 7.51. The second kappa shape index (κ2) is 7.75. The SMILES string of the molecule is Cc1nc2nc(N)nn2c(C)c1CC(=O)NCc1cc(Cl)c2c(c1)OCCCO2. The molecule has 1 aliphatic rings. The number of benzene rings is 1. The predicted molar refractivity (Wildman–Crippen MR) is 107 cm³/mol. The van der Waals surface area contributed by atoms with Crippen molar-refractivity contribution in [2.45, 2.75) is 33.2 Å². The van der Waals surface area contributed by atoms with Gasteiger partial charge in [0, 0.05) is 29.9 Å². The molecule has 0 bridgehead atoms. The molecule has 1 amide bonds. The first-order valence-electron chi connectivity index (χ1n) is 9.25. The maximum Gasteiger partial charge on any atom is 0.254 e. The minimum Gasteiger partial charge on any atom is -0.489 e. The second-order valence-electron chi connectivity index (χ2n) is 6.85. The molecule has 0 saturated carbocycles. The summed E-state index contributed by atoms with van der Waals surface area (Å²) < 4.78 is 12.9. The number of nitrogens with zero attached hydrogens (tertiary/aromatic N) is 4. The average molecular weight is 417 g/mol. The number of fused-ring (bicyclic) bond motifs is 2. The molecule has 10 heteroatoms. The molecule has 3 heterocycles. The van der Waals surface area contributed by atoms with Gasteiger partial charge < -0.3 is 20.5 Å². The van der Waals surface area contributed by atoms with Gasteiger partial charge in [0.15, 0.2) is 11.5 Å². The van der Waals surface area contributed by atoms with Crippen molar-refractivity contribution < 1.29 is 14.3 Å². The number of hydrogen-bond donors (Lipinski definition) is 2. The highest BCUT2D eigenvalue weighted by atomic mass is 35.5. The van der Waals surface area contributed by atoms with E-state index in [2.05, 4.69) is 20.4 Å². The van der Waals surface area contributed by atoms with Gasteiger partial charge in [-0.3, -0.25) is 4.79 Å². The quantitative estimate of drug-likeness (QED) is 0.667. The Labute approximate surface area is 172 Å². The Kier molecular flexibility index (Phi) is 5.14. The summed E-state index contributed by atoms with van der Waals surface area (Å²) in [6.45, 7) is 5.16. The summed E-state index contributed by atoms with van der Waals surface area (Å²) >= 11 is 6.31. The maximum atomic E-state index is 12.6. The van der Waals surface area contributed by atoms with Crippen LogP contribution in [0.3, 0.4) is 0 Å². The lowest BCUT2D eigenvalue weighted by Crippen LogP contribution is -2.26. The Morgan fingerprint density at radius 1 is 1.28 bits per heavy atom. The molecule has 0 unspecified atom stereocenters. The Bertz CT molecular complexity index is 1100. The van der Waals surface area contributed by atoms with Gasteiger partial charge in [0.25, 0.3) is 5.78 Å². The second-order valence-corrected chi connectivity index (χ2v) is 7.26. The number of ether oxygens (including phenoxy) is 2. The van der Waals surface area contributed by atoms with Crippen molar-refractivity contribution in [2.75, 3.05) is 18.9 Å². The van der Waals surface area contributed by atoms with Gasteiger partial charge in [-0.25, -0.2) is 4.98 Å². The molecule has 0 fully saturated rings. The lowest BCUT2D eigenvalue weighted by Gasteiger charge is -2.13. The van der Waals surface area contributed by atoms with Crippen LogP contribution in [0.4, 0.5) is 5.95 Å². The summed E-state index contributed by atoms with van der Waals surface area (Å²) in [5.41, 5.74) is 8.77. The zero-order chi connectivity index (χ0) is 20.5. The van der Waals surface area contributed by atoms with Crippen molar-refractivity contribution in [3.05, 3.63) is 39.7 Å². The van der Waals surface area contributed by atoms with Gasteiger partial charge >= 0.3 is 0 Å². The molecule has 3 N–H and O–H groups in total. The van der Waals surface area contributed by atoms with Gasteiger partial charge in [0.2, 0.25) is 11.9 Å². The average Bonchev–Trinajstić information content (AvgIpc) is 2.88. The largest absolute Gasteiger partial charge is 0.489 e. The number of nitrogens with two attached hydrogens (primary N) is 1. The minimum atomic E-state index is -0.145. The number of amides is 1. The molecule has 152 valence electrons.